The number of anilines is 2. The van der Waals surface area contributed by atoms with Gasteiger partial charge in [-0.1, -0.05) is 6.92 Å². The third kappa shape index (κ3) is 4.60. The minimum atomic E-state index is -4.60. The maximum absolute atomic E-state index is 12.9. The molecule has 1 aromatic carbocycles. The Morgan fingerprint density at radius 1 is 1.29 bits per heavy atom. The van der Waals surface area contributed by atoms with E-state index in [1.807, 2.05) is 0 Å². The van der Waals surface area contributed by atoms with Gasteiger partial charge in [-0.3, -0.25) is 9.52 Å². The SMILES string of the molecule is CC(C(=O)Nc1cc(C(F)(F)F)ccc1NS(C)(=O)=O)C1CNC1. The molecule has 2 rings (SSSR count). The molecule has 10 heteroatoms. The fraction of sp³-hybridized carbons (Fsp3) is 0.500. The number of nitrogens with one attached hydrogen (secondary N) is 3. The molecule has 1 aliphatic rings. The van der Waals surface area contributed by atoms with Crippen molar-refractivity contribution in [3.05, 3.63) is 23.8 Å². The lowest BCUT2D eigenvalue weighted by Gasteiger charge is -2.31. The van der Waals surface area contributed by atoms with Crippen LogP contribution in [0, 0.1) is 11.8 Å². The van der Waals surface area contributed by atoms with Crippen LogP contribution in [0.15, 0.2) is 18.2 Å². The Labute approximate surface area is 137 Å². The highest BCUT2D eigenvalue weighted by Gasteiger charge is 2.33. The summed E-state index contributed by atoms with van der Waals surface area (Å²) in [5.74, 6) is -0.772. The van der Waals surface area contributed by atoms with Gasteiger partial charge >= 0.3 is 6.18 Å². The zero-order chi connectivity index (χ0) is 18.1. The molecule has 6 nitrogen and oxygen atoms in total. The summed E-state index contributed by atoms with van der Waals surface area (Å²) in [5, 5.41) is 5.41. The van der Waals surface area contributed by atoms with Crippen molar-refractivity contribution in [2.24, 2.45) is 11.8 Å². The van der Waals surface area contributed by atoms with Gasteiger partial charge in [0, 0.05) is 5.92 Å². The number of alkyl halides is 3. The first-order valence-electron chi connectivity index (χ1n) is 7.18. The van der Waals surface area contributed by atoms with Gasteiger partial charge in [0.2, 0.25) is 15.9 Å². The molecule has 0 saturated carbocycles. The molecule has 1 saturated heterocycles. The van der Waals surface area contributed by atoms with Crippen LogP contribution in [0.4, 0.5) is 24.5 Å². The number of carbonyl (C=O) groups is 1. The fourth-order valence-electron chi connectivity index (χ4n) is 2.24. The van der Waals surface area contributed by atoms with Gasteiger partial charge in [0.05, 0.1) is 23.2 Å². The summed E-state index contributed by atoms with van der Waals surface area (Å²) in [6.07, 6.45) is -3.73. The van der Waals surface area contributed by atoms with Crippen LogP contribution in [0.25, 0.3) is 0 Å². The molecule has 0 aromatic heterocycles. The van der Waals surface area contributed by atoms with E-state index >= 15 is 0 Å². The minimum Gasteiger partial charge on any atom is -0.324 e. The zero-order valence-corrected chi connectivity index (χ0v) is 13.9. The van der Waals surface area contributed by atoms with Crippen molar-refractivity contribution in [3.8, 4) is 0 Å². The quantitative estimate of drug-likeness (QED) is 0.743. The second-order valence-corrected chi connectivity index (χ2v) is 7.58. The number of rotatable bonds is 5. The first-order valence-corrected chi connectivity index (χ1v) is 9.07. The van der Waals surface area contributed by atoms with Crippen LogP contribution in [0.2, 0.25) is 0 Å². The fourth-order valence-corrected chi connectivity index (χ4v) is 2.82. The minimum absolute atomic E-state index is 0.0992. The number of amides is 1. The predicted octanol–water partition coefficient (Wildman–Crippen LogP) is 1.87. The van der Waals surface area contributed by atoms with E-state index in [2.05, 4.69) is 15.4 Å². The van der Waals surface area contributed by atoms with Gasteiger partial charge in [-0.05, 0) is 37.2 Å². The summed E-state index contributed by atoms with van der Waals surface area (Å²) >= 11 is 0. The molecule has 3 N–H and O–H groups in total. The zero-order valence-electron chi connectivity index (χ0n) is 13.1. The van der Waals surface area contributed by atoms with E-state index in [1.54, 1.807) is 6.92 Å². The Balaban J connectivity index is 2.30. The van der Waals surface area contributed by atoms with Crippen LogP contribution in [0.1, 0.15) is 12.5 Å². The molecule has 24 heavy (non-hydrogen) atoms. The van der Waals surface area contributed by atoms with Crippen molar-refractivity contribution < 1.29 is 26.4 Å². The van der Waals surface area contributed by atoms with Crippen LogP contribution in [-0.4, -0.2) is 33.7 Å². The normalized spacial score (nSPS) is 17.0. The van der Waals surface area contributed by atoms with Gasteiger partial charge in [-0.2, -0.15) is 13.2 Å². The molecule has 1 heterocycles. The summed E-state index contributed by atoms with van der Waals surface area (Å²) in [7, 11) is -3.71. The molecule has 0 spiro atoms. The van der Waals surface area contributed by atoms with Crippen molar-refractivity contribution in [2.45, 2.75) is 13.1 Å². The molecule has 0 radical (unpaired) electrons. The van der Waals surface area contributed by atoms with Gasteiger partial charge in [0.15, 0.2) is 0 Å². The maximum Gasteiger partial charge on any atom is 0.416 e. The number of hydrogen-bond donors (Lipinski definition) is 3. The molecule has 1 amide bonds. The van der Waals surface area contributed by atoms with Crippen molar-refractivity contribution in [2.75, 3.05) is 29.4 Å². The topological polar surface area (TPSA) is 87.3 Å². The van der Waals surface area contributed by atoms with Crippen molar-refractivity contribution in [1.29, 1.82) is 0 Å². The molecule has 134 valence electrons. The van der Waals surface area contributed by atoms with Gasteiger partial charge in [0.1, 0.15) is 0 Å². The summed E-state index contributed by atoms with van der Waals surface area (Å²) in [6, 6.07) is 2.45. The Kier molecular flexibility index (Phi) is 5.09. The van der Waals surface area contributed by atoms with E-state index in [0.717, 1.165) is 24.5 Å². The average molecular weight is 365 g/mol. The number of halogens is 3. The molecule has 0 bridgehead atoms. The second-order valence-electron chi connectivity index (χ2n) is 5.83. The van der Waals surface area contributed by atoms with Crippen molar-refractivity contribution in [1.82, 2.24) is 5.32 Å². The number of hydrogen-bond acceptors (Lipinski definition) is 4. The lowest BCUT2D eigenvalue weighted by atomic mass is 9.88. The van der Waals surface area contributed by atoms with Gasteiger partial charge in [-0.25, -0.2) is 8.42 Å². The van der Waals surface area contributed by atoms with Gasteiger partial charge < -0.3 is 10.6 Å². The van der Waals surface area contributed by atoms with E-state index in [9.17, 15) is 26.4 Å². The molecule has 1 fully saturated rings. The third-order valence-electron chi connectivity index (χ3n) is 3.83. The Morgan fingerprint density at radius 3 is 2.38 bits per heavy atom. The first kappa shape index (κ1) is 18.5. The molecule has 1 unspecified atom stereocenters. The number of carbonyl (C=O) groups excluding carboxylic acids is 1. The lowest BCUT2D eigenvalue weighted by molar-refractivity contribution is -0.137. The highest BCUT2D eigenvalue weighted by molar-refractivity contribution is 7.92. The smallest absolute Gasteiger partial charge is 0.324 e. The summed E-state index contributed by atoms with van der Waals surface area (Å²) in [6.45, 7) is 3.00. The van der Waals surface area contributed by atoms with Crippen molar-refractivity contribution in [3.63, 3.8) is 0 Å². The largest absolute Gasteiger partial charge is 0.416 e. The molecule has 1 aliphatic heterocycles. The highest BCUT2D eigenvalue weighted by atomic mass is 32.2. The van der Waals surface area contributed by atoms with Crippen LogP contribution in [0.5, 0.6) is 0 Å². The van der Waals surface area contributed by atoms with Crippen LogP contribution in [-0.2, 0) is 21.0 Å². The molecule has 1 atom stereocenters. The summed E-state index contributed by atoms with van der Waals surface area (Å²) in [5.41, 5.74) is -1.31. The van der Waals surface area contributed by atoms with Crippen molar-refractivity contribution >= 4 is 27.3 Å². The predicted molar refractivity (Wildman–Crippen MR) is 84.1 cm³/mol. The first-order chi connectivity index (χ1) is 11.0. The molecular weight excluding hydrogens is 347 g/mol. The van der Waals surface area contributed by atoms with E-state index in [1.165, 1.54) is 0 Å². The average Bonchev–Trinajstić information content (AvgIpc) is 2.35. The number of sulfonamides is 1. The molecular formula is C14H18F3N3O3S. The summed E-state index contributed by atoms with van der Waals surface area (Å²) < 4.78 is 63.4. The lowest BCUT2D eigenvalue weighted by Crippen LogP contribution is -2.48. The molecule has 0 aliphatic carbocycles. The van der Waals surface area contributed by atoms with E-state index in [0.29, 0.717) is 13.1 Å². The van der Waals surface area contributed by atoms with E-state index in [-0.39, 0.29) is 17.3 Å². The van der Waals surface area contributed by atoms with Gasteiger partial charge in [0.25, 0.3) is 0 Å². The van der Waals surface area contributed by atoms with Crippen LogP contribution < -0.4 is 15.4 Å². The Hall–Kier alpha value is -1.81. The highest BCUT2D eigenvalue weighted by Crippen LogP contribution is 2.34. The molecule has 1 aromatic rings. The third-order valence-corrected chi connectivity index (χ3v) is 4.42. The standard InChI is InChI=1S/C14H18F3N3O3S/c1-8(9-6-18-7-9)13(21)19-12-5-10(14(15,16)17)3-4-11(12)20-24(2,22)23/h3-5,8-9,18,20H,6-7H2,1-2H3,(H,19,21). The second kappa shape index (κ2) is 6.60. The Morgan fingerprint density at radius 2 is 1.92 bits per heavy atom. The van der Waals surface area contributed by atoms with Crippen LogP contribution in [0.3, 0.4) is 0 Å². The van der Waals surface area contributed by atoms with Gasteiger partial charge in [-0.15, -0.1) is 0 Å². The summed E-state index contributed by atoms with van der Waals surface area (Å²) in [4.78, 5) is 12.2. The van der Waals surface area contributed by atoms with E-state index < -0.39 is 33.6 Å². The van der Waals surface area contributed by atoms with Crippen LogP contribution >= 0.6 is 0 Å². The number of benzene rings is 1. The van der Waals surface area contributed by atoms with E-state index in [4.69, 9.17) is 0 Å². The Bertz CT molecular complexity index is 731. The maximum atomic E-state index is 12.9. The monoisotopic (exact) mass is 365 g/mol.